The van der Waals surface area contributed by atoms with Crippen LogP contribution in [-0.4, -0.2) is 21.8 Å². The predicted octanol–water partition coefficient (Wildman–Crippen LogP) is 6.34. The van der Waals surface area contributed by atoms with Crippen molar-refractivity contribution in [1.29, 1.82) is 0 Å². The number of nitrogens with one attached hydrogen (secondary N) is 1. The van der Waals surface area contributed by atoms with Gasteiger partial charge in [-0.15, -0.1) is 0 Å². The minimum atomic E-state index is -0.469. The first kappa shape index (κ1) is 23.1. The molecule has 7 heteroatoms. The second-order valence-electron chi connectivity index (χ2n) is 7.56. The van der Waals surface area contributed by atoms with Gasteiger partial charge in [0.05, 0.1) is 10.7 Å². The van der Waals surface area contributed by atoms with E-state index in [1.165, 1.54) is 0 Å². The van der Waals surface area contributed by atoms with E-state index < -0.39 is 11.9 Å². The molecule has 0 radical (unpaired) electrons. The SMILES string of the molecule is CCC(=O)Oc1c(Cl)cccc1NC(=O)c1cc(C)nc(-c2ccc(-c3ccccc3)cc2)n1. The lowest BCUT2D eigenvalue weighted by atomic mass is 10.0. The molecule has 1 amide bonds. The number of carbonyl (C=O) groups is 2. The van der Waals surface area contributed by atoms with Gasteiger partial charge in [0.2, 0.25) is 0 Å². The number of benzene rings is 3. The van der Waals surface area contributed by atoms with Crippen LogP contribution in [0, 0.1) is 6.92 Å². The van der Waals surface area contributed by atoms with Gasteiger partial charge in [-0.2, -0.15) is 0 Å². The first-order valence-electron chi connectivity index (χ1n) is 10.8. The molecule has 0 saturated carbocycles. The fraction of sp³-hybridized carbons (Fsp3) is 0.111. The number of aromatic nitrogens is 2. The monoisotopic (exact) mass is 471 g/mol. The van der Waals surface area contributed by atoms with E-state index in [0.29, 0.717) is 11.5 Å². The molecule has 0 fully saturated rings. The van der Waals surface area contributed by atoms with Gasteiger partial charge in [-0.1, -0.05) is 79.2 Å². The number of ether oxygens (including phenoxy) is 1. The minimum Gasteiger partial charge on any atom is -0.423 e. The van der Waals surface area contributed by atoms with Crippen molar-refractivity contribution in [2.24, 2.45) is 0 Å². The van der Waals surface area contributed by atoms with Crippen LogP contribution in [0.25, 0.3) is 22.5 Å². The van der Waals surface area contributed by atoms with E-state index in [2.05, 4.69) is 15.3 Å². The van der Waals surface area contributed by atoms with Gasteiger partial charge in [-0.3, -0.25) is 9.59 Å². The summed E-state index contributed by atoms with van der Waals surface area (Å²) in [5.74, 6) is -0.383. The molecule has 170 valence electrons. The number of para-hydroxylation sites is 1. The highest BCUT2D eigenvalue weighted by atomic mass is 35.5. The van der Waals surface area contributed by atoms with Crippen molar-refractivity contribution in [1.82, 2.24) is 9.97 Å². The minimum absolute atomic E-state index is 0.104. The maximum absolute atomic E-state index is 13.0. The highest BCUT2D eigenvalue weighted by Crippen LogP contribution is 2.33. The fourth-order valence-electron chi connectivity index (χ4n) is 3.34. The Morgan fingerprint density at radius 1 is 0.882 bits per heavy atom. The van der Waals surface area contributed by atoms with Gasteiger partial charge in [0, 0.05) is 17.7 Å². The summed E-state index contributed by atoms with van der Waals surface area (Å²) in [7, 11) is 0. The molecular weight excluding hydrogens is 450 g/mol. The first-order chi connectivity index (χ1) is 16.4. The summed E-state index contributed by atoms with van der Waals surface area (Å²) >= 11 is 6.19. The standard InChI is InChI=1S/C27H22ClN3O3/c1-3-24(32)34-25-21(28)10-7-11-22(25)31-27(33)23-16-17(2)29-26(30-23)20-14-12-19(13-15-20)18-8-5-4-6-9-18/h4-16H,3H2,1-2H3,(H,31,33). The summed E-state index contributed by atoms with van der Waals surface area (Å²) in [6.45, 7) is 3.48. The molecule has 6 nitrogen and oxygen atoms in total. The number of amides is 1. The molecule has 0 aliphatic rings. The number of hydrogen-bond donors (Lipinski definition) is 1. The second kappa shape index (κ2) is 10.3. The average Bonchev–Trinajstić information content (AvgIpc) is 2.86. The van der Waals surface area contributed by atoms with Crippen LogP contribution in [0.15, 0.2) is 78.9 Å². The van der Waals surface area contributed by atoms with Crippen molar-refractivity contribution >= 4 is 29.2 Å². The second-order valence-corrected chi connectivity index (χ2v) is 7.97. The van der Waals surface area contributed by atoms with Gasteiger partial charge < -0.3 is 10.1 Å². The summed E-state index contributed by atoms with van der Waals surface area (Å²) in [4.78, 5) is 33.8. The summed E-state index contributed by atoms with van der Waals surface area (Å²) < 4.78 is 5.31. The largest absolute Gasteiger partial charge is 0.423 e. The van der Waals surface area contributed by atoms with Crippen LogP contribution >= 0.6 is 11.6 Å². The molecule has 0 spiro atoms. The van der Waals surface area contributed by atoms with Crippen LogP contribution in [0.5, 0.6) is 5.75 Å². The van der Waals surface area contributed by atoms with E-state index >= 15 is 0 Å². The lowest BCUT2D eigenvalue weighted by Crippen LogP contribution is -2.17. The van der Waals surface area contributed by atoms with E-state index in [9.17, 15) is 9.59 Å². The molecule has 0 bridgehead atoms. The van der Waals surface area contributed by atoms with E-state index in [4.69, 9.17) is 16.3 Å². The van der Waals surface area contributed by atoms with Crippen molar-refractivity contribution in [2.75, 3.05) is 5.32 Å². The van der Waals surface area contributed by atoms with Crippen LogP contribution in [0.1, 0.15) is 29.5 Å². The summed E-state index contributed by atoms with van der Waals surface area (Å²) in [6, 6.07) is 24.4. The zero-order valence-corrected chi connectivity index (χ0v) is 19.5. The Balaban J connectivity index is 1.60. The quantitative estimate of drug-likeness (QED) is 0.262. The molecule has 4 aromatic rings. The van der Waals surface area contributed by atoms with Gasteiger partial charge in [0.1, 0.15) is 5.69 Å². The van der Waals surface area contributed by atoms with E-state index in [1.807, 2.05) is 54.6 Å². The lowest BCUT2D eigenvalue weighted by Gasteiger charge is -2.13. The summed E-state index contributed by atoms with van der Waals surface area (Å²) in [5, 5.41) is 2.96. The summed E-state index contributed by atoms with van der Waals surface area (Å²) in [6.07, 6.45) is 0.177. The zero-order valence-electron chi connectivity index (χ0n) is 18.7. The average molecular weight is 472 g/mol. The molecule has 1 heterocycles. The molecule has 0 atom stereocenters. The van der Waals surface area contributed by atoms with Crippen LogP contribution < -0.4 is 10.1 Å². The molecule has 3 aromatic carbocycles. The number of halogens is 1. The Bertz CT molecular complexity index is 1340. The maximum Gasteiger partial charge on any atom is 0.311 e. The first-order valence-corrected chi connectivity index (χ1v) is 11.1. The molecule has 4 rings (SSSR count). The van der Waals surface area contributed by atoms with Gasteiger partial charge >= 0.3 is 5.97 Å². The number of nitrogens with zero attached hydrogens (tertiary/aromatic N) is 2. The Labute approximate surface area is 202 Å². The lowest BCUT2D eigenvalue weighted by molar-refractivity contribution is -0.133. The van der Waals surface area contributed by atoms with E-state index in [-0.39, 0.29) is 28.6 Å². The predicted molar refractivity (Wildman–Crippen MR) is 133 cm³/mol. The third-order valence-electron chi connectivity index (χ3n) is 5.06. The van der Waals surface area contributed by atoms with Gasteiger partial charge in [-0.25, -0.2) is 9.97 Å². The van der Waals surface area contributed by atoms with Crippen LogP contribution in [-0.2, 0) is 4.79 Å². The van der Waals surface area contributed by atoms with Crippen LogP contribution in [0.3, 0.4) is 0 Å². The molecular formula is C27H22ClN3O3. The number of carbonyl (C=O) groups excluding carboxylic acids is 2. The highest BCUT2D eigenvalue weighted by Gasteiger charge is 2.17. The number of rotatable bonds is 6. The third-order valence-corrected chi connectivity index (χ3v) is 5.35. The van der Waals surface area contributed by atoms with Crippen molar-refractivity contribution < 1.29 is 14.3 Å². The number of esters is 1. The van der Waals surface area contributed by atoms with Gasteiger partial charge in [0.15, 0.2) is 11.6 Å². The summed E-state index contributed by atoms with van der Waals surface area (Å²) in [5.41, 5.74) is 4.08. The molecule has 1 aromatic heterocycles. The van der Waals surface area contributed by atoms with Crippen molar-refractivity contribution in [3.8, 4) is 28.3 Å². The van der Waals surface area contributed by atoms with Crippen LogP contribution in [0.4, 0.5) is 5.69 Å². The molecule has 34 heavy (non-hydrogen) atoms. The molecule has 0 unspecified atom stereocenters. The highest BCUT2D eigenvalue weighted by molar-refractivity contribution is 6.32. The Morgan fingerprint density at radius 3 is 2.26 bits per heavy atom. The molecule has 0 aliphatic heterocycles. The van der Waals surface area contributed by atoms with Crippen molar-refractivity contribution in [2.45, 2.75) is 20.3 Å². The zero-order chi connectivity index (χ0) is 24.1. The maximum atomic E-state index is 13.0. The fourth-order valence-corrected chi connectivity index (χ4v) is 3.55. The van der Waals surface area contributed by atoms with Gasteiger partial charge in [-0.05, 0) is 36.2 Å². The smallest absolute Gasteiger partial charge is 0.311 e. The normalized spacial score (nSPS) is 10.6. The van der Waals surface area contributed by atoms with E-state index in [0.717, 1.165) is 16.7 Å². The molecule has 1 N–H and O–H groups in total. The Kier molecular flexibility index (Phi) is 6.99. The van der Waals surface area contributed by atoms with Gasteiger partial charge in [0.25, 0.3) is 5.91 Å². The Morgan fingerprint density at radius 2 is 1.56 bits per heavy atom. The number of aryl methyl sites for hydroxylation is 1. The Hall–Kier alpha value is -4.03. The number of hydrogen-bond acceptors (Lipinski definition) is 5. The van der Waals surface area contributed by atoms with Crippen molar-refractivity contribution in [3.05, 3.63) is 95.3 Å². The van der Waals surface area contributed by atoms with E-state index in [1.54, 1.807) is 38.1 Å². The number of anilines is 1. The third kappa shape index (κ3) is 5.30. The topological polar surface area (TPSA) is 81.2 Å². The van der Waals surface area contributed by atoms with Crippen molar-refractivity contribution in [3.63, 3.8) is 0 Å². The van der Waals surface area contributed by atoms with Crippen LogP contribution in [0.2, 0.25) is 5.02 Å². The molecule has 0 saturated heterocycles. The molecule has 0 aliphatic carbocycles.